The molecule has 0 heterocycles. The van der Waals surface area contributed by atoms with Crippen molar-refractivity contribution in [3.8, 4) is 0 Å². The van der Waals surface area contributed by atoms with Crippen molar-refractivity contribution < 1.29 is 13.3 Å². The molecule has 0 bridgehead atoms. The highest BCUT2D eigenvalue weighted by atomic mass is 32.2. The third-order valence-corrected chi connectivity index (χ3v) is 0. The Morgan fingerprint density at radius 1 is 1.33 bits per heavy atom. The molecule has 2 N–H and O–H groups in total. The number of hydrogen-bond acceptors (Lipinski definition) is 1. The maximum atomic E-state index is 8.67. The maximum absolute atomic E-state index is 8.67. The van der Waals surface area contributed by atoms with E-state index in [9.17, 15) is 0 Å². The van der Waals surface area contributed by atoms with Crippen LogP contribution in [0.4, 0.5) is 0 Å². The molecule has 0 aromatic heterocycles. The smallest absolute Gasteiger partial charge is 0.284 e. The zero-order chi connectivity index (χ0) is 5.58. The van der Waals surface area contributed by atoms with E-state index in [0.717, 1.165) is 0 Å². The molecule has 0 aromatic carbocycles. The molecule has 0 aliphatic carbocycles. The Labute approximate surface area is 38.8 Å². The van der Waals surface area contributed by atoms with E-state index >= 15 is 0 Å². The Morgan fingerprint density at radius 3 is 1.33 bits per heavy atom. The quantitative estimate of drug-likeness (QED) is 0.352. The van der Waals surface area contributed by atoms with Crippen molar-refractivity contribution in [2.75, 3.05) is 0 Å². The highest BCUT2D eigenvalue weighted by molar-refractivity contribution is 7.73. The minimum Gasteiger partial charge on any atom is -0.284 e. The van der Waals surface area contributed by atoms with E-state index in [1.165, 1.54) is 0 Å². The number of hydrogen-bond donors (Lipinski definition) is 2. The fraction of sp³-hybridized carbons (Fsp3) is 0. The van der Waals surface area contributed by atoms with Crippen LogP contribution in [-0.4, -0.2) is 13.3 Å². The molecule has 4 heteroatoms. The average Bonchev–Trinajstić information content (AvgIpc) is 1.41. The summed E-state index contributed by atoms with van der Waals surface area (Å²) in [6, 6.07) is 0. The summed E-state index contributed by atoms with van der Waals surface area (Å²) in [4.78, 5) is 0. The topological polar surface area (TPSA) is 57.5 Å². The summed E-state index contributed by atoms with van der Waals surface area (Å²) < 4.78 is 22.8. The van der Waals surface area contributed by atoms with Crippen LogP contribution in [0.15, 0.2) is 13.2 Å². The van der Waals surface area contributed by atoms with E-state index in [4.69, 9.17) is 13.3 Å². The first-order valence-electron chi connectivity index (χ1n) is 1.03. The third-order valence-electron chi connectivity index (χ3n) is 0. The van der Waals surface area contributed by atoms with Crippen LogP contribution in [0, 0.1) is 0 Å². The molecule has 0 spiro atoms. The molecule has 0 fully saturated rings. The van der Waals surface area contributed by atoms with Gasteiger partial charge in [0, 0.05) is 0 Å². The highest BCUT2D eigenvalue weighted by Gasteiger charge is 1.62. The SMILES string of the molecule is C=C.O=S(O)O. The monoisotopic (exact) mass is 110 g/mol. The van der Waals surface area contributed by atoms with Gasteiger partial charge in [0.1, 0.15) is 0 Å². The fourth-order valence-corrected chi connectivity index (χ4v) is 0. The van der Waals surface area contributed by atoms with Crippen molar-refractivity contribution >= 4 is 11.4 Å². The standard InChI is InChI=1S/C2H4.H2O3S/c1-2;1-4(2)3/h1-2H2;(H2,1,2,3). The fourth-order valence-electron chi connectivity index (χ4n) is 0. The van der Waals surface area contributed by atoms with Gasteiger partial charge in [-0.3, -0.25) is 9.11 Å². The van der Waals surface area contributed by atoms with E-state index in [2.05, 4.69) is 13.2 Å². The second-order valence-corrected chi connectivity index (χ2v) is 0.692. The molecule has 0 aliphatic rings. The van der Waals surface area contributed by atoms with Crippen LogP contribution < -0.4 is 0 Å². The summed E-state index contributed by atoms with van der Waals surface area (Å²) in [6.07, 6.45) is 0. The summed E-state index contributed by atoms with van der Waals surface area (Å²) in [5.41, 5.74) is 0. The van der Waals surface area contributed by atoms with Gasteiger partial charge >= 0.3 is 0 Å². The lowest BCUT2D eigenvalue weighted by Crippen LogP contribution is -1.74. The van der Waals surface area contributed by atoms with E-state index < -0.39 is 11.4 Å². The lowest BCUT2D eigenvalue weighted by molar-refractivity contribution is 0.454. The summed E-state index contributed by atoms with van der Waals surface area (Å²) in [6.45, 7) is 6.00. The van der Waals surface area contributed by atoms with Gasteiger partial charge in [-0.2, -0.15) is 4.21 Å². The molecular formula is C2H6O3S. The zero-order valence-electron chi connectivity index (χ0n) is 3.13. The Morgan fingerprint density at radius 2 is 1.33 bits per heavy atom. The zero-order valence-corrected chi connectivity index (χ0v) is 3.94. The van der Waals surface area contributed by atoms with Crippen LogP contribution in [0.1, 0.15) is 0 Å². The van der Waals surface area contributed by atoms with Crippen molar-refractivity contribution in [3.05, 3.63) is 13.2 Å². The first-order chi connectivity index (χ1) is 2.73. The Hall–Kier alpha value is -0.190. The Kier molecular flexibility index (Phi) is 13.6. The molecule has 0 unspecified atom stereocenters. The third kappa shape index (κ3) is 833. The van der Waals surface area contributed by atoms with Crippen LogP contribution in [-0.2, 0) is 11.4 Å². The van der Waals surface area contributed by atoms with Crippen LogP contribution in [0.2, 0.25) is 0 Å². The maximum Gasteiger partial charge on any atom is 0.299 e. The number of rotatable bonds is 0. The van der Waals surface area contributed by atoms with Gasteiger partial charge in [0.15, 0.2) is 0 Å². The van der Waals surface area contributed by atoms with Gasteiger partial charge in [0.2, 0.25) is 0 Å². The second-order valence-electron chi connectivity index (χ2n) is 0.231. The lowest BCUT2D eigenvalue weighted by Gasteiger charge is -1.59. The second kappa shape index (κ2) is 8.84. The molecule has 0 amide bonds. The van der Waals surface area contributed by atoms with Gasteiger partial charge in [0.25, 0.3) is 11.4 Å². The predicted molar refractivity (Wildman–Crippen MR) is 24.7 cm³/mol. The van der Waals surface area contributed by atoms with E-state index in [1.54, 1.807) is 0 Å². The van der Waals surface area contributed by atoms with Crippen molar-refractivity contribution in [1.82, 2.24) is 0 Å². The van der Waals surface area contributed by atoms with E-state index in [0.29, 0.717) is 0 Å². The normalized spacial score (nSPS) is 6.50. The molecule has 6 heavy (non-hydrogen) atoms. The predicted octanol–water partition coefficient (Wildman–Crippen LogP) is 0.483. The van der Waals surface area contributed by atoms with Gasteiger partial charge in [-0.1, -0.05) is 0 Å². The molecule has 0 atom stereocenters. The molecule has 0 saturated carbocycles. The van der Waals surface area contributed by atoms with E-state index in [1.807, 2.05) is 0 Å². The molecule has 0 rings (SSSR count). The first-order valence-corrected chi connectivity index (χ1v) is 2.10. The molecular weight excluding hydrogens is 104 g/mol. The highest BCUT2D eigenvalue weighted by Crippen LogP contribution is 1.44. The van der Waals surface area contributed by atoms with Crippen LogP contribution in [0.25, 0.3) is 0 Å². The molecule has 38 valence electrons. The summed E-state index contributed by atoms with van der Waals surface area (Å²) in [5.74, 6) is 0. The van der Waals surface area contributed by atoms with Gasteiger partial charge in [-0.25, -0.2) is 0 Å². The largest absolute Gasteiger partial charge is 0.299 e. The van der Waals surface area contributed by atoms with Gasteiger partial charge in [-0.05, 0) is 0 Å². The first kappa shape index (κ1) is 9.26. The van der Waals surface area contributed by atoms with Crippen molar-refractivity contribution in [1.29, 1.82) is 0 Å². The molecule has 0 radical (unpaired) electrons. The van der Waals surface area contributed by atoms with E-state index in [-0.39, 0.29) is 0 Å². The van der Waals surface area contributed by atoms with Crippen LogP contribution in [0.5, 0.6) is 0 Å². The summed E-state index contributed by atoms with van der Waals surface area (Å²) in [5, 5.41) is 0. The van der Waals surface area contributed by atoms with Gasteiger partial charge < -0.3 is 0 Å². The van der Waals surface area contributed by atoms with Crippen molar-refractivity contribution in [2.45, 2.75) is 0 Å². The summed E-state index contributed by atoms with van der Waals surface area (Å²) in [7, 11) is 0. The molecule has 0 saturated heterocycles. The van der Waals surface area contributed by atoms with Crippen LogP contribution in [0.3, 0.4) is 0 Å². The Balaban J connectivity index is 0. The minimum atomic E-state index is -2.61. The van der Waals surface area contributed by atoms with Gasteiger partial charge in [-0.15, -0.1) is 13.2 Å². The summed E-state index contributed by atoms with van der Waals surface area (Å²) >= 11 is -2.61. The van der Waals surface area contributed by atoms with Crippen molar-refractivity contribution in [3.63, 3.8) is 0 Å². The van der Waals surface area contributed by atoms with Crippen molar-refractivity contribution in [2.24, 2.45) is 0 Å². The molecule has 3 nitrogen and oxygen atoms in total. The Bertz CT molecular complexity index is 40.1. The molecule has 0 aromatic rings. The van der Waals surface area contributed by atoms with Gasteiger partial charge in [0.05, 0.1) is 0 Å². The molecule has 0 aliphatic heterocycles. The minimum absolute atomic E-state index is 2.61. The average molecular weight is 110 g/mol. The van der Waals surface area contributed by atoms with Crippen LogP contribution >= 0.6 is 0 Å². The lowest BCUT2D eigenvalue weighted by atomic mass is 11.3.